The van der Waals surface area contributed by atoms with Gasteiger partial charge < -0.3 is 20.9 Å². The maximum atomic E-state index is 11.5. The molecule has 7 heteroatoms. The van der Waals surface area contributed by atoms with Crippen LogP contribution in [-0.2, 0) is 0 Å². The van der Waals surface area contributed by atoms with Crippen LogP contribution in [0.15, 0.2) is 28.2 Å². The molecule has 0 amide bonds. The van der Waals surface area contributed by atoms with Crippen LogP contribution in [0.4, 0.5) is 5.69 Å². The third-order valence-corrected chi connectivity index (χ3v) is 3.63. The number of aromatic amines is 1. The number of nitrogens with one attached hydrogen (secondary N) is 1. The van der Waals surface area contributed by atoms with Crippen molar-refractivity contribution >= 4 is 28.4 Å². The fourth-order valence-electron chi connectivity index (χ4n) is 1.48. The first-order valence-corrected chi connectivity index (χ1v) is 6.29. The molecule has 2 aromatic rings. The first-order chi connectivity index (χ1) is 8.61. The van der Waals surface area contributed by atoms with Gasteiger partial charge in [0.2, 0.25) is 0 Å². The Labute approximate surface area is 107 Å². The van der Waals surface area contributed by atoms with Gasteiger partial charge in [0, 0.05) is 16.3 Å². The molecule has 1 unspecified atom stereocenters. The number of aliphatic hydroxyl groups is 2. The Bertz CT molecular complexity index is 614. The molecule has 18 heavy (non-hydrogen) atoms. The van der Waals surface area contributed by atoms with Crippen LogP contribution >= 0.6 is 11.8 Å². The third kappa shape index (κ3) is 2.63. The van der Waals surface area contributed by atoms with Gasteiger partial charge in [-0.15, -0.1) is 11.8 Å². The molecule has 1 atom stereocenters. The molecule has 1 aromatic heterocycles. The zero-order valence-corrected chi connectivity index (χ0v) is 10.3. The predicted molar refractivity (Wildman–Crippen MR) is 70.6 cm³/mol. The second-order valence-electron chi connectivity index (χ2n) is 3.79. The first kappa shape index (κ1) is 12.9. The lowest BCUT2D eigenvalue weighted by molar-refractivity contribution is 0.113. The van der Waals surface area contributed by atoms with Crippen LogP contribution in [0.25, 0.3) is 10.9 Å². The number of rotatable bonds is 4. The van der Waals surface area contributed by atoms with E-state index in [0.29, 0.717) is 22.3 Å². The molecular weight excluding hydrogens is 254 g/mol. The molecule has 6 nitrogen and oxygen atoms in total. The summed E-state index contributed by atoms with van der Waals surface area (Å²) in [5.41, 5.74) is 6.61. The van der Waals surface area contributed by atoms with E-state index in [0.717, 1.165) is 4.90 Å². The second kappa shape index (κ2) is 5.38. The number of benzene rings is 1. The number of anilines is 1. The lowest BCUT2D eigenvalue weighted by Gasteiger charge is -2.09. The Morgan fingerprint density at radius 2 is 2.28 bits per heavy atom. The van der Waals surface area contributed by atoms with Crippen LogP contribution in [0.3, 0.4) is 0 Å². The Morgan fingerprint density at radius 3 is 3.00 bits per heavy atom. The summed E-state index contributed by atoms with van der Waals surface area (Å²) in [6.45, 7) is -0.293. The molecule has 0 saturated carbocycles. The smallest absolute Gasteiger partial charge is 0.258 e. The molecule has 1 heterocycles. The fraction of sp³-hybridized carbons (Fsp3) is 0.273. The molecular formula is C11H13N3O3S. The van der Waals surface area contributed by atoms with Crippen molar-refractivity contribution in [2.45, 2.75) is 11.0 Å². The molecule has 2 rings (SSSR count). The van der Waals surface area contributed by atoms with E-state index >= 15 is 0 Å². The van der Waals surface area contributed by atoms with Gasteiger partial charge in [-0.2, -0.15) is 0 Å². The summed E-state index contributed by atoms with van der Waals surface area (Å²) >= 11 is 1.31. The van der Waals surface area contributed by atoms with Crippen LogP contribution < -0.4 is 11.3 Å². The third-order valence-electron chi connectivity index (χ3n) is 2.41. The number of nitrogen functional groups attached to an aromatic ring is 1. The largest absolute Gasteiger partial charge is 0.398 e. The maximum Gasteiger partial charge on any atom is 0.258 e. The molecule has 0 spiro atoms. The van der Waals surface area contributed by atoms with Gasteiger partial charge in [0.05, 0.1) is 29.9 Å². The van der Waals surface area contributed by atoms with Gasteiger partial charge in [-0.3, -0.25) is 4.79 Å². The van der Waals surface area contributed by atoms with E-state index in [9.17, 15) is 9.90 Å². The number of hydrogen-bond donors (Lipinski definition) is 4. The summed E-state index contributed by atoms with van der Waals surface area (Å²) in [7, 11) is 0. The van der Waals surface area contributed by atoms with Crippen molar-refractivity contribution in [1.29, 1.82) is 0 Å². The number of thioether (sulfide) groups is 1. The first-order valence-electron chi connectivity index (χ1n) is 5.30. The molecule has 1 aromatic carbocycles. The van der Waals surface area contributed by atoms with Gasteiger partial charge in [-0.05, 0) is 12.1 Å². The van der Waals surface area contributed by atoms with E-state index in [1.807, 2.05) is 0 Å². The highest BCUT2D eigenvalue weighted by Crippen LogP contribution is 2.28. The number of hydrogen-bond acceptors (Lipinski definition) is 6. The summed E-state index contributed by atoms with van der Waals surface area (Å²) in [6, 6.07) is 3.27. The van der Waals surface area contributed by atoms with Crippen LogP contribution in [-0.4, -0.2) is 38.6 Å². The lowest BCUT2D eigenvalue weighted by Crippen LogP contribution is -2.14. The topological polar surface area (TPSA) is 112 Å². The Morgan fingerprint density at radius 1 is 1.50 bits per heavy atom. The molecule has 0 saturated heterocycles. The van der Waals surface area contributed by atoms with Gasteiger partial charge in [-0.25, -0.2) is 4.98 Å². The number of nitrogens with two attached hydrogens (primary N) is 1. The summed E-state index contributed by atoms with van der Waals surface area (Å²) in [5, 5.41) is 18.5. The highest BCUT2D eigenvalue weighted by molar-refractivity contribution is 7.99. The van der Waals surface area contributed by atoms with E-state index in [1.54, 1.807) is 12.1 Å². The van der Waals surface area contributed by atoms with Gasteiger partial charge in [-0.1, -0.05) is 0 Å². The highest BCUT2D eigenvalue weighted by Gasteiger charge is 2.09. The predicted octanol–water partition coefficient (Wildman–Crippen LogP) is -0.0494. The van der Waals surface area contributed by atoms with Crippen molar-refractivity contribution in [3.05, 3.63) is 28.8 Å². The molecule has 0 aliphatic carbocycles. The number of fused-ring (bicyclic) bond motifs is 1. The molecule has 0 bridgehead atoms. The van der Waals surface area contributed by atoms with E-state index in [2.05, 4.69) is 9.97 Å². The SMILES string of the molecule is Nc1cc2c(=O)[nH]cnc2cc1SCC(O)CO. The summed E-state index contributed by atoms with van der Waals surface area (Å²) in [5.74, 6) is 0.329. The lowest BCUT2D eigenvalue weighted by atomic mass is 10.2. The highest BCUT2D eigenvalue weighted by atomic mass is 32.2. The van der Waals surface area contributed by atoms with Crippen LogP contribution in [0.5, 0.6) is 0 Å². The van der Waals surface area contributed by atoms with E-state index in [1.165, 1.54) is 18.1 Å². The Kier molecular flexibility index (Phi) is 3.85. The number of H-pyrrole nitrogens is 1. The van der Waals surface area contributed by atoms with Crippen molar-refractivity contribution in [3.63, 3.8) is 0 Å². The summed E-state index contributed by atoms with van der Waals surface area (Å²) in [6.07, 6.45) is 0.537. The minimum Gasteiger partial charge on any atom is -0.398 e. The molecule has 5 N–H and O–H groups in total. The zero-order chi connectivity index (χ0) is 13.1. The zero-order valence-electron chi connectivity index (χ0n) is 9.46. The average molecular weight is 267 g/mol. The minimum absolute atomic E-state index is 0.237. The van der Waals surface area contributed by atoms with Crippen molar-refractivity contribution in [2.24, 2.45) is 0 Å². The van der Waals surface area contributed by atoms with E-state index in [4.69, 9.17) is 10.8 Å². The number of nitrogens with zero attached hydrogens (tertiary/aromatic N) is 1. The van der Waals surface area contributed by atoms with Crippen LogP contribution in [0.2, 0.25) is 0 Å². The normalized spacial score (nSPS) is 12.8. The Balaban J connectivity index is 2.35. The van der Waals surface area contributed by atoms with E-state index in [-0.39, 0.29) is 12.2 Å². The fourth-order valence-corrected chi connectivity index (χ4v) is 2.37. The number of aromatic nitrogens is 2. The molecule has 0 aliphatic rings. The van der Waals surface area contributed by atoms with Crippen molar-refractivity contribution in [2.75, 3.05) is 18.1 Å². The summed E-state index contributed by atoms with van der Waals surface area (Å²) < 4.78 is 0. The van der Waals surface area contributed by atoms with Gasteiger partial charge in [0.15, 0.2) is 0 Å². The minimum atomic E-state index is -0.794. The monoisotopic (exact) mass is 267 g/mol. The van der Waals surface area contributed by atoms with Crippen LogP contribution in [0.1, 0.15) is 0 Å². The van der Waals surface area contributed by atoms with Crippen molar-refractivity contribution < 1.29 is 10.2 Å². The van der Waals surface area contributed by atoms with Crippen LogP contribution in [0, 0.1) is 0 Å². The quantitative estimate of drug-likeness (QED) is 0.456. The van der Waals surface area contributed by atoms with Crippen molar-refractivity contribution in [3.8, 4) is 0 Å². The summed E-state index contributed by atoms with van der Waals surface area (Å²) in [4.78, 5) is 18.8. The molecule has 0 radical (unpaired) electrons. The van der Waals surface area contributed by atoms with Gasteiger partial charge >= 0.3 is 0 Å². The molecule has 0 fully saturated rings. The van der Waals surface area contributed by atoms with Crippen molar-refractivity contribution in [1.82, 2.24) is 9.97 Å². The van der Waals surface area contributed by atoms with Gasteiger partial charge in [0.1, 0.15) is 0 Å². The second-order valence-corrected chi connectivity index (χ2v) is 4.85. The standard InChI is InChI=1S/C11H13N3O3S/c12-8-1-7-9(13-5-14-11(7)17)2-10(8)18-4-6(16)3-15/h1-2,5-6,15-16H,3-4,12H2,(H,13,14,17). The van der Waals surface area contributed by atoms with E-state index < -0.39 is 6.10 Å². The molecule has 0 aliphatic heterocycles. The maximum absolute atomic E-state index is 11.5. The average Bonchev–Trinajstić information content (AvgIpc) is 2.37. The number of aliphatic hydroxyl groups excluding tert-OH is 2. The molecule has 96 valence electrons. The Hall–Kier alpha value is -1.57. The van der Waals surface area contributed by atoms with Gasteiger partial charge in [0.25, 0.3) is 5.56 Å².